The first-order valence-corrected chi connectivity index (χ1v) is 8.21. The average Bonchev–Trinajstić information content (AvgIpc) is 2.98. The van der Waals surface area contributed by atoms with Crippen molar-refractivity contribution in [1.82, 2.24) is 16.0 Å². The Labute approximate surface area is 150 Å². The van der Waals surface area contributed by atoms with Crippen LogP contribution in [0.15, 0.2) is 54.6 Å². The summed E-state index contributed by atoms with van der Waals surface area (Å²) in [4.78, 5) is 35.6. The molecule has 0 spiro atoms. The van der Waals surface area contributed by atoms with Crippen molar-refractivity contribution < 1.29 is 19.5 Å². The predicted molar refractivity (Wildman–Crippen MR) is 95.3 cm³/mol. The van der Waals surface area contributed by atoms with Crippen molar-refractivity contribution in [2.24, 2.45) is 0 Å². The summed E-state index contributed by atoms with van der Waals surface area (Å²) in [6, 6.07) is 14.1. The molecule has 1 saturated heterocycles. The Bertz CT molecular complexity index is 818. The number of amides is 4. The Kier molecular flexibility index (Phi) is 4.99. The van der Waals surface area contributed by atoms with Crippen molar-refractivity contribution in [2.75, 3.05) is 0 Å². The molecule has 0 aliphatic carbocycles. The molecule has 0 radical (unpaired) electrons. The molecule has 7 heteroatoms. The van der Waals surface area contributed by atoms with Crippen LogP contribution < -0.4 is 16.0 Å². The second-order valence-corrected chi connectivity index (χ2v) is 6.12. The van der Waals surface area contributed by atoms with E-state index in [4.69, 9.17) is 0 Å². The van der Waals surface area contributed by atoms with E-state index in [0.29, 0.717) is 5.56 Å². The van der Waals surface area contributed by atoms with Crippen LogP contribution in [0.1, 0.15) is 17.3 Å². The van der Waals surface area contributed by atoms with E-state index in [1.54, 1.807) is 12.1 Å². The van der Waals surface area contributed by atoms with Crippen LogP contribution in [0.25, 0.3) is 11.1 Å². The highest BCUT2D eigenvalue weighted by molar-refractivity contribution is 6.05. The van der Waals surface area contributed by atoms with Gasteiger partial charge in [-0.15, -0.1) is 0 Å². The van der Waals surface area contributed by atoms with Gasteiger partial charge in [0.15, 0.2) is 0 Å². The van der Waals surface area contributed by atoms with Gasteiger partial charge in [-0.05, 0) is 30.2 Å². The topological polar surface area (TPSA) is 108 Å². The van der Waals surface area contributed by atoms with Crippen LogP contribution in [0, 0.1) is 0 Å². The molecule has 0 bridgehead atoms. The Morgan fingerprint density at radius 3 is 2.19 bits per heavy atom. The number of nitrogens with one attached hydrogen (secondary N) is 3. The van der Waals surface area contributed by atoms with E-state index in [1.807, 2.05) is 42.5 Å². The first-order valence-electron chi connectivity index (χ1n) is 8.21. The summed E-state index contributed by atoms with van der Waals surface area (Å²) in [6.45, 7) is 1.45. The summed E-state index contributed by atoms with van der Waals surface area (Å²) in [7, 11) is 0. The molecule has 2 aromatic carbocycles. The highest BCUT2D eigenvalue weighted by Crippen LogP contribution is 2.19. The Morgan fingerprint density at radius 2 is 1.65 bits per heavy atom. The maximum atomic E-state index is 12.5. The van der Waals surface area contributed by atoms with Crippen LogP contribution in [-0.4, -0.2) is 41.1 Å². The predicted octanol–water partition coefficient (Wildman–Crippen LogP) is 1.04. The smallest absolute Gasteiger partial charge is 0.322 e. The van der Waals surface area contributed by atoms with Gasteiger partial charge >= 0.3 is 6.03 Å². The molecule has 1 fully saturated rings. The molecule has 3 atom stereocenters. The van der Waals surface area contributed by atoms with Gasteiger partial charge in [-0.2, -0.15) is 0 Å². The van der Waals surface area contributed by atoms with Crippen LogP contribution in [-0.2, 0) is 4.79 Å². The molecule has 3 rings (SSSR count). The summed E-state index contributed by atoms with van der Waals surface area (Å²) in [5.74, 6) is -1.02. The molecule has 134 valence electrons. The zero-order chi connectivity index (χ0) is 18.7. The van der Waals surface area contributed by atoms with E-state index in [-0.39, 0.29) is 0 Å². The van der Waals surface area contributed by atoms with Gasteiger partial charge in [-0.1, -0.05) is 42.5 Å². The molecule has 1 heterocycles. The van der Waals surface area contributed by atoms with E-state index in [1.165, 1.54) is 6.92 Å². The monoisotopic (exact) mass is 353 g/mol. The van der Waals surface area contributed by atoms with Crippen LogP contribution in [0.3, 0.4) is 0 Å². The van der Waals surface area contributed by atoms with Gasteiger partial charge in [0.1, 0.15) is 6.04 Å². The third kappa shape index (κ3) is 3.73. The van der Waals surface area contributed by atoms with Crippen LogP contribution in [0.2, 0.25) is 0 Å². The van der Waals surface area contributed by atoms with Crippen molar-refractivity contribution in [3.63, 3.8) is 0 Å². The minimum atomic E-state index is -1.03. The summed E-state index contributed by atoms with van der Waals surface area (Å²) < 4.78 is 0. The largest absolute Gasteiger partial charge is 0.391 e. The maximum absolute atomic E-state index is 12.5. The molecule has 1 aliphatic heterocycles. The second-order valence-electron chi connectivity index (χ2n) is 6.12. The van der Waals surface area contributed by atoms with Crippen molar-refractivity contribution in [2.45, 2.75) is 25.1 Å². The van der Waals surface area contributed by atoms with Crippen LogP contribution >= 0.6 is 0 Å². The number of carbonyl (C=O) groups excluding carboxylic acids is 3. The quantitative estimate of drug-likeness (QED) is 0.603. The Balaban J connectivity index is 1.74. The lowest BCUT2D eigenvalue weighted by molar-refractivity contribution is -0.121. The van der Waals surface area contributed by atoms with Gasteiger partial charge < -0.3 is 15.7 Å². The maximum Gasteiger partial charge on any atom is 0.322 e. The van der Waals surface area contributed by atoms with Crippen molar-refractivity contribution in [1.29, 1.82) is 0 Å². The molecule has 7 nitrogen and oxygen atoms in total. The number of rotatable bonds is 5. The number of imide groups is 1. The minimum Gasteiger partial charge on any atom is -0.391 e. The van der Waals surface area contributed by atoms with E-state index in [0.717, 1.165) is 11.1 Å². The summed E-state index contributed by atoms with van der Waals surface area (Å²) >= 11 is 0. The molecular formula is C19H19N3O4. The number of aliphatic hydroxyl groups is 1. The zero-order valence-corrected chi connectivity index (χ0v) is 14.1. The third-order valence-corrected chi connectivity index (χ3v) is 4.24. The van der Waals surface area contributed by atoms with Crippen LogP contribution in [0.5, 0.6) is 0 Å². The zero-order valence-electron chi connectivity index (χ0n) is 14.1. The summed E-state index contributed by atoms with van der Waals surface area (Å²) in [5.41, 5.74) is 2.39. The normalized spacial score (nSPS) is 18.6. The number of benzene rings is 2. The highest BCUT2D eigenvalue weighted by Gasteiger charge is 2.39. The Hall–Kier alpha value is -3.19. The fourth-order valence-electron chi connectivity index (χ4n) is 2.85. The van der Waals surface area contributed by atoms with Crippen LogP contribution in [0.4, 0.5) is 4.79 Å². The fourth-order valence-corrected chi connectivity index (χ4v) is 2.85. The number of carbonyl (C=O) groups is 3. The van der Waals surface area contributed by atoms with Gasteiger partial charge in [0.05, 0.1) is 12.1 Å². The van der Waals surface area contributed by atoms with Crippen molar-refractivity contribution in [3.05, 3.63) is 60.2 Å². The van der Waals surface area contributed by atoms with Gasteiger partial charge in [0.2, 0.25) is 0 Å². The molecule has 1 unspecified atom stereocenters. The molecule has 4 N–H and O–H groups in total. The van der Waals surface area contributed by atoms with E-state index < -0.39 is 36.0 Å². The SMILES string of the molecule is C[C@H](O)[C@@H](NC(=O)c1ccc(-c2ccccc2)cc1)C1NC(=O)NC1=O. The molecule has 0 aromatic heterocycles. The lowest BCUT2D eigenvalue weighted by Gasteiger charge is -2.25. The number of hydrogen-bond donors (Lipinski definition) is 4. The lowest BCUT2D eigenvalue weighted by atomic mass is 10.0. The van der Waals surface area contributed by atoms with Crippen molar-refractivity contribution in [3.8, 4) is 11.1 Å². The minimum absolute atomic E-state index is 0.389. The molecule has 2 aromatic rings. The molecule has 4 amide bonds. The molecule has 0 saturated carbocycles. The first kappa shape index (κ1) is 17.6. The second kappa shape index (κ2) is 7.37. The molecule has 1 aliphatic rings. The van der Waals surface area contributed by atoms with Gasteiger partial charge in [0, 0.05) is 5.56 Å². The average molecular weight is 353 g/mol. The number of aliphatic hydroxyl groups excluding tert-OH is 1. The van der Waals surface area contributed by atoms with Gasteiger partial charge in [-0.3, -0.25) is 14.9 Å². The van der Waals surface area contributed by atoms with E-state index in [2.05, 4.69) is 16.0 Å². The van der Waals surface area contributed by atoms with Gasteiger partial charge in [0.25, 0.3) is 11.8 Å². The molecular weight excluding hydrogens is 334 g/mol. The standard InChI is InChI=1S/C19H19N3O4/c1-11(23)15(16-18(25)22-19(26)21-16)20-17(24)14-9-7-13(8-10-14)12-5-3-2-4-6-12/h2-11,15-16,23H,1H3,(H,20,24)(H2,21,22,25,26)/t11-,15+,16?/m0/s1. The Morgan fingerprint density at radius 1 is 1.04 bits per heavy atom. The number of hydrogen-bond acceptors (Lipinski definition) is 4. The first-order chi connectivity index (χ1) is 12.5. The van der Waals surface area contributed by atoms with E-state index >= 15 is 0 Å². The lowest BCUT2D eigenvalue weighted by Crippen LogP contribution is -2.56. The molecule has 26 heavy (non-hydrogen) atoms. The summed E-state index contributed by atoms with van der Waals surface area (Å²) in [6.07, 6.45) is -1.03. The van der Waals surface area contributed by atoms with Gasteiger partial charge in [-0.25, -0.2) is 4.79 Å². The number of urea groups is 1. The highest BCUT2D eigenvalue weighted by atomic mass is 16.3. The van der Waals surface area contributed by atoms with Crippen molar-refractivity contribution >= 4 is 17.8 Å². The fraction of sp³-hybridized carbons (Fsp3) is 0.211. The van der Waals surface area contributed by atoms with E-state index in [9.17, 15) is 19.5 Å². The summed E-state index contributed by atoms with van der Waals surface area (Å²) in [5, 5.41) is 17.0. The third-order valence-electron chi connectivity index (χ3n) is 4.24.